The topological polar surface area (TPSA) is 66.6 Å². The van der Waals surface area contributed by atoms with Crippen LogP contribution in [-0.2, 0) is 4.79 Å². The summed E-state index contributed by atoms with van der Waals surface area (Å²) in [4.78, 5) is 12.3. The average molecular weight is 176 g/mol. The Hall–Kier alpha value is -0.680. The molecule has 1 unspecified atom stereocenters. The van der Waals surface area contributed by atoms with Crippen LogP contribution in [0.25, 0.3) is 0 Å². The molecule has 0 aromatic rings. The lowest BCUT2D eigenvalue weighted by molar-refractivity contribution is -0.141. The van der Waals surface area contributed by atoms with E-state index in [2.05, 4.69) is 12.2 Å². The number of carboxylic acid groups (broad SMARTS) is 1. The van der Waals surface area contributed by atoms with E-state index in [1.165, 1.54) is 0 Å². The van der Waals surface area contributed by atoms with Gasteiger partial charge in [0, 0.05) is 6.54 Å². The minimum Gasteiger partial charge on any atom is -0.480 e. The van der Waals surface area contributed by atoms with Crippen molar-refractivity contribution in [2.45, 2.75) is 13.0 Å². The van der Waals surface area contributed by atoms with Gasteiger partial charge in [-0.1, -0.05) is 12.2 Å². The number of aliphatic carboxylic acids is 1. The number of rotatable bonds is 4. The van der Waals surface area contributed by atoms with Gasteiger partial charge < -0.3 is 10.8 Å². The molecule has 0 amide bonds. The molecule has 5 heteroatoms. The van der Waals surface area contributed by atoms with Gasteiger partial charge in [-0.15, -0.1) is 0 Å². The summed E-state index contributed by atoms with van der Waals surface area (Å²) >= 11 is 4.62. The van der Waals surface area contributed by atoms with Crippen LogP contribution in [-0.4, -0.2) is 40.6 Å². The number of carboxylic acids is 1. The smallest absolute Gasteiger partial charge is 0.320 e. The van der Waals surface area contributed by atoms with Crippen LogP contribution in [0.5, 0.6) is 0 Å². The van der Waals surface area contributed by atoms with E-state index in [9.17, 15) is 4.79 Å². The molecule has 0 heterocycles. The van der Waals surface area contributed by atoms with E-state index >= 15 is 0 Å². The SMILES string of the molecule is CC(C(=O)O)N(C)CC(N)=S. The lowest BCUT2D eigenvalue weighted by Crippen LogP contribution is -2.40. The molecule has 0 spiro atoms. The van der Waals surface area contributed by atoms with E-state index < -0.39 is 12.0 Å². The molecule has 4 nitrogen and oxygen atoms in total. The molecule has 11 heavy (non-hydrogen) atoms. The van der Waals surface area contributed by atoms with Crippen molar-refractivity contribution in [3.05, 3.63) is 0 Å². The fourth-order valence-electron chi connectivity index (χ4n) is 0.571. The third-order valence-electron chi connectivity index (χ3n) is 1.42. The first-order valence-electron chi connectivity index (χ1n) is 3.16. The average Bonchev–Trinajstić information content (AvgIpc) is 1.84. The van der Waals surface area contributed by atoms with Gasteiger partial charge in [-0.2, -0.15) is 0 Å². The first-order chi connectivity index (χ1) is 4.95. The molecule has 0 rings (SSSR count). The highest BCUT2D eigenvalue weighted by atomic mass is 32.1. The highest BCUT2D eigenvalue weighted by Crippen LogP contribution is 1.93. The number of nitrogens with zero attached hydrogens (tertiary/aromatic N) is 1. The minimum absolute atomic E-state index is 0.306. The molecule has 0 aromatic carbocycles. The van der Waals surface area contributed by atoms with E-state index in [-0.39, 0.29) is 0 Å². The van der Waals surface area contributed by atoms with Crippen molar-refractivity contribution in [1.82, 2.24) is 4.90 Å². The second-order valence-corrected chi connectivity index (χ2v) is 2.92. The Morgan fingerprint density at radius 2 is 2.27 bits per heavy atom. The monoisotopic (exact) mass is 176 g/mol. The van der Waals surface area contributed by atoms with Crippen LogP contribution in [0.15, 0.2) is 0 Å². The molecule has 1 atom stereocenters. The van der Waals surface area contributed by atoms with Gasteiger partial charge in [-0.25, -0.2) is 0 Å². The summed E-state index contributed by atoms with van der Waals surface area (Å²) in [5.41, 5.74) is 5.23. The molecular formula is C6H12N2O2S. The second kappa shape index (κ2) is 4.25. The van der Waals surface area contributed by atoms with Crippen LogP contribution in [0.2, 0.25) is 0 Å². The molecule has 0 aliphatic heterocycles. The summed E-state index contributed by atoms with van der Waals surface area (Å²) in [5, 5.41) is 8.54. The largest absolute Gasteiger partial charge is 0.480 e. The van der Waals surface area contributed by atoms with E-state index in [1.54, 1.807) is 18.9 Å². The van der Waals surface area contributed by atoms with Crippen molar-refractivity contribution in [2.24, 2.45) is 5.73 Å². The van der Waals surface area contributed by atoms with Gasteiger partial charge in [-0.05, 0) is 14.0 Å². The Balaban J connectivity index is 3.92. The molecule has 64 valence electrons. The fourth-order valence-corrected chi connectivity index (χ4v) is 0.775. The summed E-state index contributed by atoms with van der Waals surface area (Å²) in [6.07, 6.45) is 0. The molecule has 0 saturated carbocycles. The molecule has 0 aliphatic rings. The zero-order valence-corrected chi connectivity index (χ0v) is 7.39. The van der Waals surface area contributed by atoms with Crippen LogP contribution in [0.1, 0.15) is 6.92 Å². The number of hydrogen-bond acceptors (Lipinski definition) is 3. The second-order valence-electron chi connectivity index (χ2n) is 2.40. The fraction of sp³-hybridized carbons (Fsp3) is 0.667. The lowest BCUT2D eigenvalue weighted by Gasteiger charge is -2.19. The molecule has 3 N–H and O–H groups in total. The normalized spacial score (nSPS) is 13.0. The first kappa shape index (κ1) is 10.3. The number of likely N-dealkylation sites (N-methyl/N-ethyl adjacent to an activating group) is 1. The van der Waals surface area contributed by atoms with Gasteiger partial charge in [0.25, 0.3) is 0 Å². The van der Waals surface area contributed by atoms with Crippen molar-refractivity contribution >= 4 is 23.2 Å². The van der Waals surface area contributed by atoms with E-state index in [4.69, 9.17) is 10.8 Å². The van der Waals surface area contributed by atoms with Gasteiger partial charge in [0.2, 0.25) is 0 Å². The summed E-state index contributed by atoms with van der Waals surface area (Å²) in [7, 11) is 1.66. The molecule has 0 aromatic heterocycles. The first-order valence-corrected chi connectivity index (χ1v) is 3.57. The molecule has 0 bridgehead atoms. The Bertz CT molecular complexity index is 172. The van der Waals surface area contributed by atoms with Gasteiger partial charge >= 0.3 is 5.97 Å². The molecule has 0 aliphatic carbocycles. The zero-order chi connectivity index (χ0) is 9.02. The molecule has 0 fully saturated rings. The molecular weight excluding hydrogens is 164 g/mol. The summed E-state index contributed by atoms with van der Waals surface area (Å²) in [6, 6.07) is -0.545. The van der Waals surface area contributed by atoms with Crippen molar-refractivity contribution in [3.63, 3.8) is 0 Å². The summed E-state index contributed by atoms with van der Waals surface area (Å²) in [6.45, 7) is 1.92. The predicted molar refractivity (Wildman–Crippen MR) is 46.5 cm³/mol. The van der Waals surface area contributed by atoms with Crippen molar-refractivity contribution in [1.29, 1.82) is 0 Å². The van der Waals surface area contributed by atoms with E-state index in [0.29, 0.717) is 11.5 Å². The maximum atomic E-state index is 10.4. The van der Waals surface area contributed by atoms with Crippen LogP contribution in [0.4, 0.5) is 0 Å². The zero-order valence-electron chi connectivity index (χ0n) is 6.57. The minimum atomic E-state index is -0.872. The Labute approximate surface area is 71.0 Å². The van der Waals surface area contributed by atoms with Gasteiger partial charge in [0.15, 0.2) is 0 Å². The van der Waals surface area contributed by atoms with Crippen LogP contribution in [0, 0.1) is 0 Å². The highest BCUT2D eigenvalue weighted by molar-refractivity contribution is 7.80. The predicted octanol–water partition coefficient (Wildman–Crippen LogP) is -0.323. The highest BCUT2D eigenvalue weighted by Gasteiger charge is 2.16. The summed E-state index contributed by atoms with van der Waals surface area (Å²) in [5.74, 6) is -0.872. The number of nitrogens with two attached hydrogens (primary N) is 1. The van der Waals surface area contributed by atoms with Gasteiger partial charge in [-0.3, -0.25) is 9.69 Å². The number of carbonyl (C=O) groups is 1. The standard InChI is InChI=1S/C6H12N2O2S/c1-4(6(9)10)8(2)3-5(7)11/h4H,3H2,1-2H3,(H2,7,11)(H,9,10). The Morgan fingerprint density at radius 3 is 2.55 bits per heavy atom. The van der Waals surface area contributed by atoms with Gasteiger partial charge in [0.05, 0.1) is 4.99 Å². The third kappa shape index (κ3) is 3.90. The number of hydrogen-bond donors (Lipinski definition) is 2. The maximum Gasteiger partial charge on any atom is 0.320 e. The van der Waals surface area contributed by atoms with Crippen molar-refractivity contribution < 1.29 is 9.90 Å². The van der Waals surface area contributed by atoms with Crippen molar-refractivity contribution in [3.8, 4) is 0 Å². The lowest BCUT2D eigenvalue weighted by atomic mass is 10.3. The summed E-state index contributed by atoms with van der Waals surface area (Å²) < 4.78 is 0. The Morgan fingerprint density at radius 1 is 1.82 bits per heavy atom. The van der Waals surface area contributed by atoms with Crippen LogP contribution in [0.3, 0.4) is 0 Å². The van der Waals surface area contributed by atoms with Crippen LogP contribution < -0.4 is 5.73 Å². The van der Waals surface area contributed by atoms with Crippen molar-refractivity contribution in [2.75, 3.05) is 13.6 Å². The van der Waals surface area contributed by atoms with E-state index in [0.717, 1.165) is 0 Å². The quantitative estimate of drug-likeness (QED) is 0.574. The number of thiocarbonyl (C=S) groups is 1. The Kier molecular flexibility index (Phi) is 3.99. The molecule has 0 radical (unpaired) electrons. The van der Waals surface area contributed by atoms with Gasteiger partial charge in [0.1, 0.15) is 6.04 Å². The van der Waals surface area contributed by atoms with E-state index in [1.807, 2.05) is 0 Å². The third-order valence-corrected chi connectivity index (χ3v) is 1.55. The van der Waals surface area contributed by atoms with Crippen LogP contribution >= 0.6 is 12.2 Å². The molecule has 0 saturated heterocycles. The maximum absolute atomic E-state index is 10.4.